The molecule has 0 aliphatic heterocycles. The topological polar surface area (TPSA) is 46.5 Å². The third-order valence-corrected chi connectivity index (χ3v) is 4.57. The van der Waals surface area contributed by atoms with Crippen LogP contribution in [-0.2, 0) is 11.2 Å². The van der Waals surface area contributed by atoms with Crippen LogP contribution in [0.5, 0.6) is 0 Å². The van der Waals surface area contributed by atoms with Crippen molar-refractivity contribution >= 4 is 28.7 Å². The number of unbranched alkanes of at least 4 members (excludes halogenated alkanes) is 5. The van der Waals surface area contributed by atoms with Crippen molar-refractivity contribution in [2.24, 2.45) is 5.92 Å². The number of halogens is 1. The van der Waals surface area contributed by atoms with Gasteiger partial charge in [-0.2, -0.15) is 0 Å². The van der Waals surface area contributed by atoms with E-state index in [9.17, 15) is 4.79 Å². The summed E-state index contributed by atoms with van der Waals surface area (Å²) in [5, 5.41) is 8.71. The summed E-state index contributed by atoms with van der Waals surface area (Å²) in [4.78, 5) is 10.6. The summed E-state index contributed by atoms with van der Waals surface area (Å²) in [6, 6.07) is 8.43. The Kier molecular flexibility index (Phi) is 10.3. The molecule has 4 heteroatoms. The van der Waals surface area contributed by atoms with Crippen molar-refractivity contribution in [3.63, 3.8) is 0 Å². The highest BCUT2D eigenvalue weighted by molar-refractivity contribution is 14.1. The molecule has 1 N–H and O–H groups in total. The average molecular weight is 418 g/mol. The summed E-state index contributed by atoms with van der Waals surface area (Å²) in [5.74, 6) is 0.280. The van der Waals surface area contributed by atoms with Gasteiger partial charge in [0.05, 0.1) is 6.61 Å². The van der Waals surface area contributed by atoms with Gasteiger partial charge in [0.15, 0.2) is 0 Å². The van der Waals surface area contributed by atoms with Gasteiger partial charge in [0, 0.05) is 3.57 Å². The van der Waals surface area contributed by atoms with Crippen molar-refractivity contribution in [3.05, 3.63) is 33.4 Å². The van der Waals surface area contributed by atoms with E-state index >= 15 is 0 Å². The zero-order chi connectivity index (χ0) is 16.2. The molecule has 0 aliphatic carbocycles. The third-order valence-electron chi connectivity index (χ3n) is 3.85. The van der Waals surface area contributed by atoms with Crippen LogP contribution in [0.25, 0.3) is 0 Å². The van der Waals surface area contributed by atoms with Gasteiger partial charge in [0.25, 0.3) is 0 Å². The van der Waals surface area contributed by atoms with Crippen LogP contribution in [0.2, 0.25) is 0 Å². The van der Waals surface area contributed by atoms with Crippen molar-refractivity contribution in [2.45, 2.75) is 58.3 Å². The minimum absolute atomic E-state index is 0.280. The summed E-state index contributed by atoms with van der Waals surface area (Å²) in [7, 11) is 0. The predicted octanol–water partition coefficient (Wildman–Crippen LogP) is 5.90. The molecule has 0 heterocycles. The summed E-state index contributed by atoms with van der Waals surface area (Å²) in [6.07, 6.45) is 8.31. The molecular weight excluding hydrogens is 391 g/mol. The van der Waals surface area contributed by atoms with Crippen molar-refractivity contribution in [2.75, 3.05) is 6.61 Å². The summed E-state index contributed by atoms with van der Waals surface area (Å²) in [6.45, 7) is 2.52. The molecule has 22 heavy (non-hydrogen) atoms. The molecule has 0 bridgehead atoms. The van der Waals surface area contributed by atoms with E-state index in [0.717, 1.165) is 19.3 Å². The normalized spacial score (nSPS) is 12.1. The van der Waals surface area contributed by atoms with E-state index in [4.69, 9.17) is 9.84 Å². The lowest BCUT2D eigenvalue weighted by Gasteiger charge is -2.16. The lowest BCUT2D eigenvalue weighted by Crippen LogP contribution is -2.15. The van der Waals surface area contributed by atoms with Crippen LogP contribution in [0, 0.1) is 9.49 Å². The Morgan fingerprint density at radius 2 is 1.77 bits per heavy atom. The standard InChI is InChI=1S/C18H27IO3/c1-2-3-4-5-6-7-8-16(14-22-18(20)21)13-15-9-11-17(19)12-10-15/h9-12,16H,2-8,13-14H2,1H3,(H,20,21). The molecule has 0 spiro atoms. The molecule has 1 rings (SSSR count). The van der Waals surface area contributed by atoms with E-state index in [1.807, 2.05) is 0 Å². The van der Waals surface area contributed by atoms with Crippen molar-refractivity contribution < 1.29 is 14.6 Å². The second-order valence-corrected chi connectivity index (χ2v) is 7.08. The Morgan fingerprint density at radius 3 is 2.41 bits per heavy atom. The van der Waals surface area contributed by atoms with Crippen LogP contribution in [0.15, 0.2) is 24.3 Å². The van der Waals surface area contributed by atoms with Crippen LogP contribution in [0.3, 0.4) is 0 Å². The zero-order valence-electron chi connectivity index (χ0n) is 13.4. The van der Waals surface area contributed by atoms with Crippen molar-refractivity contribution in [3.8, 4) is 0 Å². The molecule has 0 saturated heterocycles. The SMILES string of the molecule is CCCCCCCCC(COC(=O)O)Cc1ccc(I)cc1. The van der Waals surface area contributed by atoms with Crippen LogP contribution in [-0.4, -0.2) is 17.9 Å². The number of ether oxygens (including phenoxy) is 1. The van der Waals surface area contributed by atoms with Gasteiger partial charge >= 0.3 is 6.16 Å². The molecule has 0 saturated carbocycles. The fraction of sp³-hybridized carbons (Fsp3) is 0.611. The Labute approximate surface area is 147 Å². The summed E-state index contributed by atoms with van der Waals surface area (Å²) in [5.41, 5.74) is 1.25. The van der Waals surface area contributed by atoms with Gasteiger partial charge in [0.1, 0.15) is 0 Å². The number of hydrogen-bond donors (Lipinski definition) is 1. The number of rotatable bonds is 11. The summed E-state index contributed by atoms with van der Waals surface area (Å²) < 4.78 is 6.03. The lowest BCUT2D eigenvalue weighted by atomic mass is 9.94. The molecule has 3 nitrogen and oxygen atoms in total. The Balaban J connectivity index is 2.38. The quantitative estimate of drug-likeness (QED) is 0.277. The Bertz CT molecular complexity index is 417. The Hall–Kier alpha value is -0.780. The number of benzene rings is 1. The molecule has 1 aromatic rings. The van der Waals surface area contributed by atoms with Gasteiger partial charge < -0.3 is 9.84 Å². The van der Waals surface area contributed by atoms with Gasteiger partial charge in [0.2, 0.25) is 0 Å². The zero-order valence-corrected chi connectivity index (χ0v) is 15.5. The van der Waals surface area contributed by atoms with E-state index in [2.05, 4.69) is 53.8 Å². The smallest absolute Gasteiger partial charge is 0.450 e. The van der Waals surface area contributed by atoms with E-state index < -0.39 is 6.16 Å². The molecule has 124 valence electrons. The molecule has 0 amide bonds. The molecule has 0 aromatic heterocycles. The maximum atomic E-state index is 10.6. The fourth-order valence-electron chi connectivity index (χ4n) is 2.60. The second-order valence-electron chi connectivity index (χ2n) is 5.83. The van der Waals surface area contributed by atoms with E-state index in [-0.39, 0.29) is 5.92 Å². The minimum Gasteiger partial charge on any atom is -0.450 e. The first-order valence-electron chi connectivity index (χ1n) is 8.22. The van der Waals surface area contributed by atoms with E-state index in [0.29, 0.717) is 6.61 Å². The fourth-order valence-corrected chi connectivity index (χ4v) is 2.96. The maximum Gasteiger partial charge on any atom is 0.505 e. The highest BCUT2D eigenvalue weighted by Gasteiger charge is 2.12. The average Bonchev–Trinajstić information content (AvgIpc) is 2.50. The lowest BCUT2D eigenvalue weighted by molar-refractivity contribution is 0.0749. The van der Waals surface area contributed by atoms with Crippen molar-refractivity contribution in [1.29, 1.82) is 0 Å². The molecule has 0 fully saturated rings. The monoisotopic (exact) mass is 418 g/mol. The number of hydrogen-bond acceptors (Lipinski definition) is 2. The first kappa shape index (κ1) is 19.3. The van der Waals surface area contributed by atoms with Gasteiger partial charge in [-0.25, -0.2) is 4.79 Å². The molecule has 1 unspecified atom stereocenters. The Morgan fingerprint density at radius 1 is 1.14 bits per heavy atom. The first-order valence-corrected chi connectivity index (χ1v) is 9.30. The van der Waals surface area contributed by atoms with Crippen LogP contribution >= 0.6 is 22.6 Å². The van der Waals surface area contributed by atoms with Crippen LogP contribution in [0.4, 0.5) is 4.79 Å². The highest BCUT2D eigenvalue weighted by atomic mass is 127. The molecule has 0 radical (unpaired) electrons. The second kappa shape index (κ2) is 11.7. The van der Waals surface area contributed by atoms with Crippen LogP contribution < -0.4 is 0 Å². The molecule has 1 aromatic carbocycles. The van der Waals surface area contributed by atoms with Gasteiger partial charge in [-0.3, -0.25) is 0 Å². The molecular formula is C18H27IO3. The maximum absolute atomic E-state index is 10.6. The van der Waals surface area contributed by atoms with Gasteiger partial charge in [-0.15, -0.1) is 0 Å². The number of carbonyl (C=O) groups is 1. The van der Waals surface area contributed by atoms with Crippen molar-refractivity contribution in [1.82, 2.24) is 0 Å². The van der Waals surface area contributed by atoms with Gasteiger partial charge in [-0.1, -0.05) is 57.6 Å². The molecule has 1 atom stereocenters. The predicted molar refractivity (Wildman–Crippen MR) is 98.3 cm³/mol. The largest absolute Gasteiger partial charge is 0.505 e. The molecule has 0 aliphatic rings. The van der Waals surface area contributed by atoms with Gasteiger partial charge in [-0.05, 0) is 59.0 Å². The first-order chi connectivity index (χ1) is 10.6. The van der Waals surface area contributed by atoms with E-state index in [1.165, 1.54) is 41.2 Å². The van der Waals surface area contributed by atoms with E-state index in [1.54, 1.807) is 0 Å². The summed E-state index contributed by atoms with van der Waals surface area (Å²) >= 11 is 2.29. The third kappa shape index (κ3) is 9.28. The van der Waals surface area contributed by atoms with Crippen LogP contribution in [0.1, 0.15) is 57.4 Å². The minimum atomic E-state index is -1.17. The number of carboxylic acid groups (broad SMARTS) is 1. The highest BCUT2D eigenvalue weighted by Crippen LogP contribution is 2.18.